The first-order chi connectivity index (χ1) is 10.4. The minimum Gasteiger partial charge on any atom is -0.338 e. The summed E-state index contributed by atoms with van der Waals surface area (Å²) in [5.41, 5.74) is 1.91. The molecule has 6 nitrogen and oxygen atoms in total. The summed E-state index contributed by atoms with van der Waals surface area (Å²) >= 11 is 5.98. The first-order valence-electron chi connectivity index (χ1n) is 6.88. The molecule has 2 aromatic rings. The van der Waals surface area contributed by atoms with E-state index in [9.17, 15) is 4.79 Å². The van der Waals surface area contributed by atoms with Gasteiger partial charge in [-0.05, 0) is 50.6 Å². The number of halogens is 1. The number of aromatic nitrogens is 2. The predicted octanol–water partition coefficient (Wildman–Crippen LogP) is 3.71. The molecule has 1 aromatic heterocycles. The molecule has 0 radical (unpaired) electrons. The molecule has 0 aliphatic carbocycles. The zero-order valence-corrected chi connectivity index (χ0v) is 13.4. The van der Waals surface area contributed by atoms with Gasteiger partial charge in [0.1, 0.15) is 0 Å². The molecule has 0 saturated heterocycles. The second-order valence-corrected chi connectivity index (χ2v) is 5.58. The Hall–Kier alpha value is -2.34. The Morgan fingerprint density at radius 1 is 1.14 bits per heavy atom. The zero-order chi connectivity index (χ0) is 16.1. The van der Waals surface area contributed by atoms with Gasteiger partial charge in [-0.2, -0.15) is 0 Å². The second kappa shape index (κ2) is 7.09. The molecule has 0 aliphatic heterocycles. The van der Waals surface area contributed by atoms with E-state index in [0.29, 0.717) is 16.7 Å². The maximum absolute atomic E-state index is 11.6. The van der Waals surface area contributed by atoms with Gasteiger partial charge in [0.05, 0.1) is 0 Å². The summed E-state index contributed by atoms with van der Waals surface area (Å²) in [5.74, 6) is 0.951. The maximum atomic E-state index is 11.6. The van der Waals surface area contributed by atoms with Crippen LogP contribution in [0.3, 0.4) is 0 Å². The van der Waals surface area contributed by atoms with Gasteiger partial charge in [-0.1, -0.05) is 17.7 Å². The van der Waals surface area contributed by atoms with Gasteiger partial charge in [0, 0.05) is 16.8 Å². The van der Waals surface area contributed by atoms with Gasteiger partial charge in [0.25, 0.3) is 0 Å². The molecule has 0 unspecified atom stereocenters. The van der Waals surface area contributed by atoms with Gasteiger partial charge in [0.15, 0.2) is 11.6 Å². The summed E-state index contributed by atoms with van der Waals surface area (Å²) in [6, 6.07) is 8.72. The Labute approximate surface area is 134 Å². The molecule has 22 heavy (non-hydrogen) atoms. The second-order valence-electron chi connectivity index (χ2n) is 5.14. The lowest BCUT2D eigenvalue weighted by Crippen LogP contribution is -2.34. The Morgan fingerprint density at radius 3 is 2.45 bits per heavy atom. The minimum atomic E-state index is -0.310. The number of anilines is 3. The monoisotopic (exact) mass is 319 g/mol. The third kappa shape index (κ3) is 4.60. The van der Waals surface area contributed by atoms with Crippen molar-refractivity contribution in [1.29, 1.82) is 0 Å². The Balaban J connectivity index is 2.03. The lowest BCUT2D eigenvalue weighted by atomic mass is 10.2. The van der Waals surface area contributed by atoms with E-state index in [4.69, 9.17) is 11.6 Å². The molecule has 1 heterocycles. The third-order valence-corrected chi connectivity index (χ3v) is 3.02. The first-order valence-corrected chi connectivity index (χ1v) is 7.26. The average molecular weight is 320 g/mol. The SMILES string of the molecule is Cc1ccc(Cl)cc1Nc1ccc(NC(=O)NC(C)C)nn1. The van der Waals surface area contributed by atoms with E-state index in [1.807, 2.05) is 39.0 Å². The number of hydrogen-bond acceptors (Lipinski definition) is 4. The van der Waals surface area contributed by atoms with Gasteiger partial charge >= 0.3 is 6.03 Å². The van der Waals surface area contributed by atoms with Crippen LogP contribution in [-0.2, 0) is 0 Å². The Kier molecular flexibility index (Phi) is 5.16. The molecule has 1 aromatic carbocycles. The number of carbonyl (C=O) groups is 1. The normalized spacial score (nSPS) is 10.4. The smallest absolute Gasteiger partial charge is 0.320 e. The average Bonchev–Trinajstić information content (AvgIpc) is 2.44. The highest BCUT2D eigenvalue weighted by atomic mass is 35.5. The van der Waals surface area contributed by atoms with Crippen molar-refractivity contribution in [2.75, 3.05) is 10.6 Å². The quantitative estimate of drug-likeness (QED) is 0.802. The number of hydrogen-bond donors (Lipinski definition) is 3. The fourth-order valence-electron chi connectivity index (χ4n) is 1.75. The molecule has 116 valence electrons. The lowest BCUT2D eigenvalue weighted by Gasteiger charge is -2.11. The zero-order valence-electron chi connectivity index (χ0n) is 12.6. The van der Waals surface area contributed by atoms with Crippen molar-refractivity contribution in [1.82, 2.24) is 15.5 Å². The van der Waals surface area contributed by atoms with E-state index in [-0.39, 0.29) is 12.1 Å². The van der Waals surface area contributed by atoms with Gasteiger partial charge in [-0.25, -0.2) is 4.79 Å². The highest BCUT2D eigenvalue weighted by molar-refractivity contribution is 6.30. The van der Waals surface area contributed by atoms with Crippen LogP contribution in [0.2, 0.25) is 5.02 Å². The van der Waals surface area contributed by atoms with E-state index in [1.165, 1.54) is 0 Å². The van der Waals surface area contributed by atoms with Gasteiger partial charge in [0.2, 0.25) is 0 Å². The van der Waals surface area contributed by atoms with E-state index in [2.05, 4.69) is 26.1 Å². The Morgan fingerprint density at radius 2 is 1.82 bits per heavy atom. The van der Waals surface area contributed by atoms with Crippen molar-refractivity contribution in [2.45, 2.75) is 26.8 Å². The van der Waals surface area contributed by atoms with Crippen LogP contribution in [0.5, 0.6) is 0 Å². The lowest BCUT2D eigenvalue weighted by molar-refractivity contribution is 0.250. The molecule has 0 fully saturated rings. The summed E-state index contributed by atoms with van der Waals surface area (Å²) < 4.78 is 0. The summed E-state index contributed by atoms with van der Waals surface area (Å²) in [4.78, 5) is 11.6. The predicted molar refractivity (Wildman–Crippen MR) is 88.8 cm³/mol. The number of aryl methyl sites for hydroxylation is 1. The number of nitrogens with zero attached hydrogens (tertiary/aromatic N) is 2. The molecule has 2 amide bonds. The number of rotatable bonds is 4. The number of urea groups is 1. The number of benzene rings is 1. The summed E-state index contributed by atoms with van der Waals surface area (Å²) in [6.45, 7) is 5.73. The molecule has 2 rings (SSSR count). The van der Waals surface area contributed by atoms with Crippen LogP contribution in [0.25, 0.3) is 0 Å². The van der Waals surface area contributed by atoms with Crippen LogP contribution in [0, 0.1) is 6.92 Å². The van der Waals surface area contributed by atoms with Crippen molar-refractivity contribution in [3.05, 3.63) is 40.9 Å². The Bertz CT molecular complexity index is 657. The highest BCUT2D eigenvalue weighted by Crippen LogP contribution is 2.23. The number of amides is 2. The van der Waals surface area contributed by atoms with Crippen LogP contribution in [0.4, 0.5) is 22.1 Å². The van der Waals surface area contributed by atoms with Gasteiger partial charge in [-0.3, -0.25) is 5.32 Å². The molecule has 0 atom stereocenters. The van der Waals surface area contributed by atoms with Crippen LogP contribution < -0.4 is 16.0 Å². The third-order valence-electron chi connectivity index (χ3n) is 2.79. The van der Waals surface area contributed by atoms with Crippen LogP contribution in [0.1, 0.15) is 19.4 Å². The van der Waals surface area contributed by atoms with E-state index in [1.54, 1.807) is 12.1 Å². The summed E-state index contributed by atoms with van der Waals surface area (Å²) in [5, 5.41) is 17.1. The first kappa shape index (κ1) is 16.0. The van der Waals surface area contributed by atoms with Crippen molar-refractivity contribution < 1.29 is 4.79 Å². The fraction of sp³-hybridized carbons (Fsp3) is 0.267. The minimum absolute atomic E-state index is 0.0553. The standard InChI is InChI=1S/C15H18ClN5O/c1-9(2)17-15(22)19-14-7-6-13(20-21-14)18-12-8-11(16)5-4-10(12)3/h4-9H,1-3H3,(H,18,20)(H2,17,19,21,22). The fourth-order valence-corrected chi connectivity index (χ4v) is 1.92. The highest BCUT2D eigenvalue weighted by Gasteiger charge is 2.06. The van der Waals surface area contributed by atoms with Crippen LogP contribution in [-0.4, -0.2) is 22.3 Å². The topological polar surface area (TPSA) is 78.9 Å². The molecule has 0 spiro atoms. The molecule has 7 heteroatoms. The number of carbonyl (C=O) groups excluding carboxylic acids is 1. The summed E-state index contributed by atoms with van der Waals surface area (Å²) in [7, 11) is 0. The molecule has 3 N–H and O–H groups in total. The largest absolute Gasteiger partial charge is 0.338 e. The van der Waals surface area contributed by atoms with Crippen LogP contribution >= 0.6 is 11.6 Å². The summed E-state index contributed by atoms with van der Waals surface area (Å²) in [6.07, 6.45) is 0. The number of nitrogens with one attached hydrogen (secondary N) is 3. The van der Waals surface area contributed by atoms with Crippen molar-refractivity contribution in [2.24, 2.45) is 0 Å². The van der Waals surface area contributed by atoms with E-state index < -0.39 is 0 Å². The molecule has 0 bridgehead atoms. The van der Waals surface area contributed by atoms with Gasteiger partial charge < -0.3 is 10.6 Å². The van der Waals surface area contributed by atoms with Crippen molar-refractivity contribution in [3.8, 4) is 0 Å². The van der Waals surface area contributed by atoms with E-state index >= 15 is 0 Å². The molecular weight excluding hydrogens is 302 g/mol. The van der Waals surface area contributed by atoms with Crippen molar-refractivity contribution in [3.63, 3.8) is 0 Å². The van der Waals surface area contributed by atoms with Crippen molar-refractivity contribution >= 4 is 35.0 Å². The molecule has 0 saturated carbocycles. The van der Waals surface area contributed by atoms with E-state index in [0.717, 1.165) is 11.3 Å². The maximum Gasteiger partial charge on any atom is 0.320 e. The molecule has 0 aliphatic rings. The van der Waals surface area contributed by atoms with Gasteiger partial charge in [-0.15, -0.1) is 10.2 Å². The molecular formula is C15H18ClN5O. The van der Waals surface area contributed by atoms with Crippen LogP contribution in [0.15, 0.2) is 30.3 Å².